The number of aromatic nitrogens is 3. The molecule has 0 spiro atoms. The summed E-state index contributed by atoms with van der Waals surface area (Å²) in [5, 5.41) is 0.0768. The van der Waals surface area contributed by atoms with Gasteiger partial charge in [-0.15, -0.1) is 0 Å². The quantitative estimate of drug-likeness (QED) is 0.580. The summed E-state index contributed by atoms with van der Waals surface area (Å²) in [6.07, 6.45) is 0. The molecule has 0 saturated carbocycles. The molecule has 0 aliphatic heterocycles. The van der Waals surface area contributed by atoms with Gasteiger partial charge in [-0.3, -0.25) is 0 Å². The summed E-state index contributed by atoms with van der Waals surface area (Å²) >= 11 is 5.43. The fourth-order valence-electron chi connectivity index (χ4n) is 0.500. The Labute approximate surface area is 62.4 Å². The zero-order chi connectivity index (χ0) is 7.56. The van der Waals surface area contributed by atoms with Crippen LogP contribution >= 0.6 is 11.6 Å². The number of nitrogen functional groups attached to an aromatic ring is 1. The monoisotopic (exact) mass is 159 g/mol. The van der Waals surface area contributed by atoms with Crippen LogP contribution in [0.5, 0.6) is 0 Å². The van der Waals surface area contributed by atoms with Crippen molar-refractivity contribution >= 4 is 17.5 Å². The van der Waals surface area contributed by atoms with E-state index in [0.717, 1.165) is 0 Å². The van der Waals surface area contributed by atoms with E-state index in [2.05, 4.69) is 15.0 Å². The van der Waals surface area contributed by atoms with Crippen LogP contribution in [0.3, 0.4) is 0 Å². The summed E-state index contributed by atoms with van der Waals surface area (Å²) < 4.78 is 0. The maximum Gasteiger partial charge on any atom is 0.227 e. The smallest absolute Gasteiger partial charge is 0.227 e. The molecule has 10 heavy (non-hydrogen) atoms. The van der Waals surface area contributed by atoms with E-state index >= 15 is 0 Å². The second kappa shape index (κ2) is 2.76. The summed E-state index contributed by atoms with van der Waals surface area (Å²) in [7, 11) is 0. The van der Waals surface area contributed by atoms with Gasteiger partial charge in [0.2, 0.25) is 11.2 Å². The molecule has 0 saturated heterocycles. The van der Waals surface area contributed by atoms with Crippen molar-refractivity contribution in [1.29, 1.82) is 0 Å². The van der Waals surface area contributed by atoms with Crippen molar-refractivity contribution in [3.8, 4) is 0 Å². The fraction of sp³-hybridized carbons (Fsp3) is 0.250. The highest BCUT2D eigenvalue weighted by Gasteiger charge is 1.98. The molecule has 1 aromatic rings. The molecule has 0 aliphatic carbocycles. The lowest BCUT2D eigenvalue weighted by atomic mass is 10.6. The predicted molar refractivity (Wildman–Crippen MR) is 37.1 cm³/mol. The molecule has 0 aliphatic rings. The second-order valence-corrected chi connectivity index (χ2v) is 1.92. The first-order chi connectivity index (χ1) is 4.72. The highest BCUT2D eigenvalue weighted by atomic mass is 35.5. The van der Waals surface area contributed by atoms with E-state index in [1.54, 1.807) is 0 Å². The molecular weight excluding hydrogens is 154 g/mol. The minimum absolute atomic E-state index is 0.0768. The maximum absolute atomic E-state index is 5.43. The largest absolute Gasteiger partial charge is 0.368 e. The first-order valence-corrected chi connectivity index (χ1v) is 2.96. The SMILES string of the molecule is NCc1nc(N)nc(Cl)n1. The molecule has 5 nitrogen and oxygen atoms in total. The van der Waals surface area contributed by atoms with Gasteiger partial charge in [0.1, 0.15) is 5.82 Å². The molecule has 1 aromatic heterocycles. The van der Waals surface area contributed by atoms with Crippen LogP contribution in [0, 0.1) is 0 Å². The van der Waals surface area contributed by atoms with Crippen LogP contribution in [0.2, 0.25) is 5.28 Å². The van der Waals surface area contributed by atoms with Crippen molar-refractivity contribution in [2.75, 3.05) is 5.73 Å². The molecule has 0 radical (unpaired) electrons. The molecule has 0 amide bonds. The minimum Gasteiger partial charge on any atom is -0.368 e. The summed E-state index contributed by atoms with van der Waals surface area (Å²) in [6.45, 7) is 0.215. The van der Waals surface area contributed by atoms with Crippen LogP contribution in [0.25, 0.3) is 0 Å². The topological polar surface area (TPSA) is 90.7 Å². The van der Waals surface area contributed by atoms with Crippen LogP contribution in [-0.4, -0.2) is 15.0 Å². The van der Waals surface area contributed by atoms with E-state index in [0.29, 0.717) is 5.82 Å². The Morgan fingerprint density at radius 3 is 2.50 bits per heavy atom. The molecule has 6 heteroatoms. The van der Waals surface area contributed by atoms with E-state index < -0.39 is 0 Å². The molecule has 0 unspecified atom stereocenters. The van der Waals surface area contributed by atoms with E-state index in [-0.39, 0.29) is 17.8 Å². The van der Waals surface area contributed by atoms with Gasteiger partial charge < -0.3 is 11.5 Å². The van der Waals surface area contributed by atoms with Crippen LogP contribution < -0.4 is 11.5 Å². The normalized spacial score (nSPS) is 9.80. The maximum atomic E-state index is 5.43. The Balaban J connectivity index is 3.06. The molecule has 0 bridgehead atoms. The van der Waals surface area contributed by atoms with Crippen molar-refractivity contribution in [3.05, 3.63) is 11.1 Å². The molecular formula is C4H6ClN5. The van der Waals surface area contributed by atoms with Gasteiger partial charge in [0.25, 0.3) is 0 Å². The molecule has 0 aromatic carbocycles. The van der Waals surface area contributed by atoms with E-state index in [4.69, 9.17) is 23.1 Å². The van der Waals surface area contributed by atoms with Gasteiger partial charge in [0, 0.05) is 0 Å². The zero-order valence-corrected chi connectivity index (χ0v) is 5.84. The number of nitrogens with two attached hydrogens (primary N) is 2. The van der Waals surface area contributed by atoms with Gasteiger partial charge in [-0.25, -0.2) is 4.98 Å². The average Bonchev–Trinajstić information content (AvgIpc) is 1.85. The standard InChI is InChI=1S/C4H6ClN5/c5-3-8-2(1-6)9-4(7)10-3/h1,6H2,(H2,7,8,9,10). The number of halogens is 1. The van der Waals surface area contributed by atoms with Crippen LogP contribution in [-0.2, 0) is 6.54 Å². The Hall–Kier alpha value is -0.940. The third-order valence-corrected chi connectivity index (χ3v) is 1.02. The third-order valence-electron chi connectivity index (χ3n) is 0.854. The number of nitrogens with zero attached hydrogens (tertiary/aromatic N) is 3. The number of hydrogen-bond donors (Lipinski definition) is 2. The molecule has 0 atom stereocenters. The summed E-state index contributed by atoms with van der Waals surface area (Å²) in [6, 6.07) is 0. The number of rotatable bonds is 1. The van der Waals surface area contributed by atoms with E-state index in [1.165, 1.54) is 0 Å². The van der Waals surface area contributed by atoms with E-state index in [9.17, 15) is 0 Å². The Bertz CT molecular complexity index is 217. The molecule has 54 valence electrons. The van der Waals surface area contributed by atoms with Gasteiger partial charge in [-0.1, -0.05) is 0 Å². The van der Waals surface area contributed by atoms with Crippen LogP contribution in [0.15, 0.2) is 0 Å². The summed E-state index contributed by atoms with van der Waals surface area (Å²) in [5.41, 5.74) is 10.5. The summed E-state index contributed by atoms with van der Waals surface area (Å²) in [4.78, 5) is 10.9. The van der Waals surface area contributed by atoms with Crippen LogP contribution in [0.4, 0.5) is 5.95 Å². The van der Waals surface area contributed by atoms with Gasteiger partial charge in [0.05, 0.1) is 6.54 Å². The fourth-order valence-corrected chi connectivity index (χ4v) is 0.684. The van der Waals surface area contributed by atoms with E-state index in [1.807, 2.05) is 0 Å². The lowest BCUT2D eigenvalue weighted by molar-refractivity contribution is 0.883. The van der Waals surface area contributed by atoms with Crippen molar-refractivity contribution in [3.63, 3.8) is 0 Å². The molecule has 1 rings (SSSR count). The highest BCUT2D eigenvalue weighted by molar-refractivity contribution is 6.28. The predicted octanol–water partition coefficient (Wildman–Crippen LogP) is -0.434. The van der Waals surface area contributed by atoms with Crippen molar-refractivity contribution in [2.24, 2.45) is 5.73 Å². The first kappa shape index (κ1) is 7.17. The van der Waals surface area contributed by atoms with Crippen molar-refractivity contribution in [2.45, 2.75) is 6.54 Å². The molecule has 1 heterocycles. The van der Waals surface area contributed by atoms with Gasteiger partial charge in [-0.05, 0) is 11.6 Å². The lowest BCUT2D eigenvalue weighted by Crippen LogP contribution is -2.07. The average molecular weight is 160 g/mol. The van der Waals surface area contributed by atoms with Gasteiger partial charge in [-0.2, -0.15) is 9.97 Å². The second-order valence-electron chi connectivity index (χ2n) is 1.58. The van der Waals surface area contributed by atoms with Crippen molar-refractivity contribution in [1.82, 2.24) is 15.0 Å². The van der Waals surface area contributed by atoms with Crippen LogP contribution in [0.1, 0.15) is 5.82 Å². The zero-order valence-electron chi connectivity index (χ0n) is 5.08. The highest BCUT2D eigenvalue weighted by Crippen LogP contribution is 2.01. The third kappa shape index (κ3) is 1.52. The number of anilines is 1. The Morgan fingerprint density at radius 2 is 2.00 bits per heavy atom. The Morgan fingerprint density at radius 1 is 1.30 bits per heavy atom. The lowest BCUT2D eigenvalue weighted by Gasteiger charge is -1.95. The van der Waals surface area contributed by atoms with Gasteiger partial charge >= 0.3 is 0 Å². The molecule has 0 fully saturated rings. The minimum atomic E-state index is 0.0768. The number of hydrogen-bond acceptors (Lipinski definition) is 5. The first-order valence-electron chi connectivity index (χ1n) is 2.58. The molecule has 4 N–H and O–H groups in total. The Kier molecular flexibility index (Phi) is 1.98. The summed E-state index contributed by atoms with van der Waals surface area (Å²) in [5.74, 6) is 0.498. The van der Waals surface area contributed by atoms with Crippen molar-refractivity contribution < 1.29 is 0 Å². The van der Waals surface area contributed by atoms with Gasteiger partial charge in [0.15, 0.2) is 0 Å².